The van der Waals surface area contributed by atoms with Gasteiger partial charge in [-0.3, -0.25) is 0 Å². The van der Waals surface area contributed by atoms with Gasteiger partial charge >= 0.3 is 0 Å². The lowest BCUT2D eigenvalue weighted by Crippen LogP contribution is -2.33. The Labute approximate surface area is 94.0 Å². The first-order valence-electron chi connectivity index (χ1n) is 6.20. The largest absolute Gasteiger partial charge is 0.390 e. The van der Waals surface area contributed by atoms with E-state index in [1.807, 2.05) is 20.8 Å². The molecule has 0 bridgehead atoms. The molecular weight excluding hydrogens is 188 g/mol. The molecule has 90 valence electrons. The highest BCUT2D eigenvalue weighted by atomic mass is 16.5. The van der Waals surface area contributed by atoms with Crippen LogP contribution in [-0.2, 0) is 4.74 Å². The lowest BCUT2D eigenvalue weighted by molar-refractivity contribution is -0.0701. The Morgan fingerprint density at radius 1 is 1.20 bits per heavy atom. The summed E-state index contributed by atoms with van der Waals surface area (Å²) in [6, 6.07) is 0. The smallest absolute Gasteiger partial charge is 0.0802 e. The van der Waals surface area contributed by atoms with Gasteiger partial charge in [0, 0.05) is 0 Å². The minimum Gasteiger partial charge on any atom is -0.390 e. The predicted molar refractivity (Wildman–Crippen MR) is 62.8 cm³/mol. The fourth-order valence-corrected chi connectivity index (χ4v) is 2.14. The van der Waals surface area contributed by atoms with E-state index in [4.69, 9.17) is 4.74 Å². The molecule has 1 saturated carbocycles. The minimum absolute atomic E-state index is 0.136. The third-order valence-electron chi connectivity index (χ3n) is 3.29. The number of rotatable bonds is 3. The van der Waals surface area contributed by atoms with E-state index in [1.54, 1.807) is 0 Å². The van der Waals surface area contributed by atoms with Gasteiger partial charge in [0.25, 0.3) is 0 Å². The van der Waals surface area contributed by atoms with Gasteiger partial charge in [-0.05, 0) is 45.4 Å². The molecule has 0 aromatic carbocycles. The maximum atomic E-state index is 10.00. The molecule has 15 heavy (non-hydrogen) atoms. The molecule has 1 aliphatic carbocycles. The fourth-order valence-electron chi connectivity index (χ4n) is 2.14. The van der Waals surface area contributed by atoms with Crippen LogP contribution in [0.2, 0.25) is 0 Å². The van der Waals surface area contributed by atoms with Crippen molar-refractivity contribution < 1.29 is 9.84 Å². The van der Waals surface area contributed by atoms with Gasteiger partial charge in [-0.15, -0.1) is 0 Å². The highest BCUT2D eigenvalue weighted by molar-refractivity contribution is 4.76. The maximum Gasteiger partial charge on any atom is 0.0802 e. The first kappa shape index (κ1) is 13.0. The SMILES string of the molecule is CC1CCC(C(O)COC(C)(C)C)CC1. The maximum absolute atomic E-state index is 10.00. The first-order chi connectivity index (χ1) is 6.88. The third kappa shape index (κ3) is 4.98. The van der Waals surface area contributed by atoms with E-state index in [1.165, 1.54) is 12.8 Å². The molecule has 0 aromatic heterocycles. The van der Waals surface area contributed by atoms with Crippen molar-refractivity contribution >= 4 is 0 Å². The van der Waals surface area contributed by atoms with Crippen LogP contribution in [0, 0.1) is 11.8 Å². The van der Waals surface area contributed by atoms with Crippen LogP contribution in [0.3, 0.4) is 0 Å². The molecule has 0 spiro atoms. The van der Waals surface area contributed by atoms with Crippen LogP contribution in [0.1, 0.15) is 53.4 Å². The summed E-state index contributed by atoms with van der Waals surface area (Å²) >= 11 is 0. The van der Waals surface area contributed by atoms with E-state index >= 15 is 0 Å². The van der Waals surface area contributed by atoms with Crippen molar-refractivity contribution in [3.63, 3.8) is 0 Å². The van der Waals surface area contributed by atoms with E-state index in [9.17, 15) is 5.11 Å². The Hall–Kier alpha value is -0.0800. The highest BCUT2D eigenvalue weighted by Crippen LogP contribution is 2.30. The molecule has 2 nitrogen and oxygen atoms in total. The number of hydrogen-bond acceptors (Lipinski definition) is 2. The van der Waals surface area contributed by atoms with Gasteiger partial charge in [0.05, 0.1) is 18.3 Å². The molecule has 1 atom stereocenters. The summed E-state index contributed by atoms with van der Waals surface area (Å²) in [6.07, 6.45) is 4.58. The second kappa shape index (κ2) is 5.31. The third-order valence-corrected chi connectivity index (χ3v) is 3.29. The summed E-state index contributed by atoms with van der Waals surface area (Å²) in [5.41, 5.74) is -0.136. The second-order valence-corrected chi connectivity index (χ2v) is 6.01. The van der Waals surface area contributed by atoms with E-state index in [0.717, 1.165) is 18.8 Å². The average Bonchev–Trinajstić information content (AvgIpc) is 2.14. The molecule has 0 saturated heterocycles. The minimum atomic E-state index is -0.267. The van der Waals surface area contributed by atoms with E-state index < -0.39 is 0 Å². The van der Waals surface area contributed by atoms with E-state index in [-0.39, 0.29) is 11.7 Å². The van der Waals surface area contributed by atoms with Gasteiger partial charge in [-0.1, -0.05) is 19.8 Å². The molecule has 1 rings (SSSR count). The van der Waals surface area contributed by atoms with Crippen molar-refractivity contribution in [2.45, 2.75) is 65.1 Å². The summed E-state index contributed by atoms with van der Waals surface area (Å²) in [5, 5.41) is 10.00. The van der Waals surface area contributed by atoms with Gasteiger partial charge in [-0.2, -0.15) is 0 Å². The van der Waals surface area contributed by atoms with Gasteiger partial charge < -0.3 is 9.84 Å². The topological polar surface area (TPSA) is 29.5 Å². The van der Waals surface area contributed by atoms with Crippen molar-refractivity contribution in [1.82, 2.24) is 0 Å². The quantitative estimate of drug-likeness (QED) is 0.782. The zero-order valence-electron chi connectivity index (χ0n) is 10.6. The predicted octanol–water partition coefficient (Wildman–Crippen LogP) is 2.99. The molecule has 0 heterocycles. The van der Waals surface area contributed by atoms with Crippen LogP contribution in [0.5, 0.6) is 0 Å². The molecule has 0 radical (unpaired) electrons. The number of ether oxygens (including phenoxy) is 1. The van der Waals surface area contributed by atoms with Gasteiger partial charge in [-0.25, -0.2) is 0 Å². The summed E-state index contributed by atoms with van der Waals surface area (Å²) in [4.78, 5) is 0. The van der Waals surface area contributed by atoms with Crippen molar-refractivity contribution in [3.05, 3.63) is 0 Å². The molecule has 1 unspecified atom stereocenters. The van der Waals surface area contributed by atoms with Crippen LogP contribution in [-0.4, -0.2) is 23.4 Å². The van der Waals surface area contributed by atoms with Crippen LogP contribution in [0.25, 0.3) is 0 Å². The van der Waals surface area contributed by atoms with E-state index in [2.05, 4.69) is 6.92 Å². The lowest BCUT2D eigenvalue weighted by atomic mass is 9.80. The molecule has 1 aliphatic rings. The molecule has 1 fully saturated rings. The summed E-state index contributed by atoms with van der Waals surface area (Å²) in [7, 11) is 0. The summed E-state index contributed by atoms with van der Waals surface area (Å²) < 4.78 is 5.62. The lowest BCUT2D eigenvalue weighted by Gasteiger charge is -2.31. The Morgan fingerprint density at radius 2 is 1.73 bits per heavy atom. The molecule has 0 aromatic rings. The molecule has 2 heteroatoms. The molecule has 1 N–H and O–H groups in total. The highest BCUT2D eigenvalue weighted by Gasteiger charge is 2.25. The van der Waals surface area contributed by atoms with Crippen LogP contribution >= 0.6 is 0 Å². The standard InChI is InChI=1S/C13H26O2/c1-10-5-7-11(8-6-10)12(14)9-15-13(2,3)4/h10-12,14H,5-9H2,1-4H3. The Kier molecular flexibility index (Phi) is 4.60. The number of hydrogen-bond donors (Lipinski definition) is 1. The van der Waals surface area contributed by atoms with Crippen molar-refractivity contribution in [1.29, 1.82) is 0 Å². The van der Waals surface area contributed by atoms with Crippen molar-refractivity contribution in [2.75, 3.05) is 6.61 Å². The first-order valence-corrected chi connectivity index (χ1v) is 6.20. The van der Waals surface area contributed by atoms with Crippen LogP contribution in [0.4, 0.5) is 0 Å². The summed E-state index contributed by atoms with van der Waals surface area (Å²) in [6.45, 7) is 8.88. The van der Waals surface area contributed by atoms with Gasteiger partial charge in [0.15, 0.2) is 0 Å². The molecular formula is C13H26O2. The Morgan fingerprint density at radius 3 is 2.20 bits per heavy atom. The fraction of sp³-hybridized carbons (Fsp3) is 1.00. The molecule has 0 aliphatic heterocycles. The monoisotopic (exact) mass is 214 g/mol. The Balaban J connectivity index is 2.25. The van der Waals surface area contributed by atoms with Crippen LogP contribution in [0.15, 0.2) is 0 Å². The normalized spacial score (nSPS) is 30.2. The van der Waals surface area contributed by atoms with Crippen LogP contribution < -0.4 is 0 Å². The van der Waals surface area contributed by atoms with Crippen molar-refractivity contribution in [2.24, 2.45) is 11.8 Å². The average molecular weight is 214 g/mol. The number of aliphatic hydroxyl groups is 1. The van der Waals surface area contributed by atoms with E-state index in [0.29, 0.717) is 12.5 Å². The number of aliphatic hydroxyl groups excluding tert-OH is 1. The summed E-state index contributed by atoms with van der Waals surface area (Å²) in [5.74, 6) is 1.31. The van der Waals surface area contributed by atoms with Gasteiger partial charge in [0.2, 0.25) is 0 Å². The Bertz CT molecular complexity index is 175. The van der Waals surface area contributed by atoms with Crippen molar-refractivity contribution in [3.8, 4) is 0 Å². The zero-order valence-corrected chi connectivity index (χ0v) is 10.6. The molecule has 0 amide bonds. The zero-order chi connectivity index (χ0) is 11.5. The van der Waals surface area contributed by atoms with Gasteiger partial charge in [0.1, 0.15) is 0 Å². The second-order valence-electron chi connectivity index (χ2n) is 6.01.